The van der Waals surface area contributed by atoms with E-state index in [-0.39, 0.29) is 0 Å². The number of hydrogen-bond donors (Lipinski definition) is 1. The van der Waals surface area contributed by atoms with E-state index in [1.807, 2.05) is 18.2 Å². The zero-order valence-corrected chi connectivity index (χ0v) is 10.7. The number of benzene rings is 1. The molecule has 2 atom stereocenters. The van der Waals surface area contributed by atoms with E-state index in [0.29, 0.717) is 11.8 Å². The Morgan fingerprint density at radius 3 is 3.00 bits per heavy atom. The number of rotatable bonds is 5. The molecule has 3 nitrogen and oxygen atoms in total. The fourth-order valence-corrected chi connectivity index (χ4v) is 2.63. The lowest BCUT2D eigenvalue weighted by Gasteiger charge is -2.11. The summed E-state index contributed by atoms with van der Waals surface area (Å²) in [6, 6.07) is 6.06. The summed E-state index contributed by atoms with van der Waals surface area (Å²) < 4.78 is 11.4. The molecule has 18 heavy (non-hydrogen) atoms. The maximum Gasteiger partial charge on any atom is 0.134 e. The highest BCUT2D eigenvalue weighted by molar-refractivity contribution is 5.84. The molecule has 1 aliphatic rings. The van der Waals surface area contributed by atoms with Gasteiger partial charge in [0.1, 0.15) is 11.3 Å². The van der Waals surface area contributed by atoms with Gasteiger partial charge in [0.25, 0.3) is 0 Å². The number of furan rings is 1. The lowest BCUT2D eigenvalue weighted by Crippen LogP contribution is -2.04. The second-order valence-corrected chi connectivity index (χ2v) is 5.00. The first-order valence-electron chi connectivity index (χ1n) is 6.68. The van der Waals surface area contributed by atoms with Crippen molar-refractivity contribution in [2.45, 2.75) is 25.7 Å². The third-order valence-electron chi connectivity index (χ3n) is 3.69. The highest BCUT2D eigenvalue weighted by Gasteiger charge is 2.40. The van der Waals surface area contributed by atoms with Gasteiger partial charge in [-0.05, 0) is 49.4 Å². The van der Waals surface area contributed by atoms with Gasteiger partial charge in [0.2, 0.25) is 0 Å². The van der Waals surface area contributed by atoms with Crippen LogP contribution in [-0.2, 0) is 0 Å². The van der Waals surface area contributed by atoms with Crippen LogP contribution in [0.1, 0.15) is 31.2 Å². The Balaban J connectivity index is 2.02. The molecule has 1 fully saturated rings. The molecule has 3 rings (SSSR count). The van der Waals surface area contributed by atoms with Crippen LogP contribution < -0.4 is 10.5 Å². The third kappa shape index (κ3) is 1.89. The molecular weight excluding hydrogens is 226 g/mol. The van der Waals surface area contributed by atoms with Crippen LogP contribution in [0.2, 0.25) is 0 Å². The summed E-state index contributed by atoms with van der Waals surface area (Å²) in [6.07, 6.45) is 3.94. The predicted octanol–water partition coefficient (Wildman–Crippen LogP) is 3.28. The summed E-state index contributed by atoms with van der Waals surface area (Å²) in [5, 5.41) is 1.18. The van der Waals surface area contributed by atoms with Crippen molar-refractivity contribution in [1.82, 2.24) is 0 Å². The molecule has 0 spiro atoms. The number of ether oxygens (including phenoxy) is 1. The Kier molecular flexibility index (Phi) is 3.00. The zero-order chi connectivity index (χ0) is 12.5. The average Bonchev–Trinajstić information content (AvgIpc) is 3.02. The quantitative estimate of drug-likeness (QED) is 0.879. The number of nitrogens with two attached hydrogens (primary N) is 1. The minimum atomic E-state index is 0.545. The van der Waals surface area contributed by atoms with Gasteiger partial charge < -0.3 is 14.9 Å². The van der Waals surface area contributed by atoms with Crippen LogP contribution in [0.4, 0.5) is 0 Å². The minimum absolute atomic E-state index is 0.545. The second kappa shape index (κ2) is 4.65. The highest BCUT2D eigenvalue weighted by atomic mass is 16.5. The first kappa shape index (κ1) is 11.6. The van der Waals surface area contributed by atoms with E-state index in [9.17, 15) is 0 Å². The van der Waals surface area contributed by atoms with E-state index in [0.717, 1.165) is 30.9 Å². The van der Waals surface area contributed by atoms with Crippen molar-refractivity contribution < 1.29 is 9.15 Å². The van der Waals surface area contributed by atoms with Crippen LogP contribution in [0.3, 0.4) is 0 Å². The Bertz CT molecular complexity index is 546. The standard InChI is InChI=1S/C15H19NO2/c1-2-6-17-14-4-3-13-11(5-7-18-13)15(14)12-8-10(12)9-16/h3-5,7,10,12H,2,6,8-9,16H2,1H3/t10-,12+/m1/s1. The van der Waals surface area contributed by atoms with Gasteiger partial charge in [-0.3, -0.25) is 0 Å². The van der Waals surface area contributed by atoms with Crippen molar-refractivity contribution in [3.05, 3.63) is 30.0 Å². The van der Waals surface area contributed by atoms with Gasteiger partial charge in [0.15, 0.2) is 0 Å². The summed E-state index contributed by atoms with van der Waals surface area (Å²) >= 11 is 0. The molecule has 0 amide bonds. The van der Waals surface area contributed by atoms with Crippen molar-refractivity contribution >= 4 is 11.0 Å². The monoisotopic (exact) mass is 245 g/mol. The van der Waals surface area contributed by atoms with Crippen LogP contribution in [0.5, 0.6) is 5.75 Å². The van der Waals surface area contributed by atoms with E-state index in [1.165, 1.54) is 17.4 Å². The van der Waals surface area contributed by atoms with Crippen molar-refractivity contribution in [2.24, 2.45) is 11.7 Å². The molecule has 1 saturated carbocycles. The van der Waals surface area contributed by atoms with Gasteiger partial charge in [-0.2, -0.15) is 0 Å². The number of hydrogen-bond acceptors (Lipinski definition) is 3. The molecule has 2 aromatic rings. The normalized spacial score (nSPS) is 22.3. The van der Waals surface area contributed by atoms with Gasteiger partial charge in [-0.25, -0.2) is 0 Å². The van der Waals surface area contributed by atoms with E-state index in [4.69, 9.17) is 14.9 Å². The Hall–Kier alpha value is -1.48. The largest absolute Gasteiger partial charge is 0.493 e. The molecule has 1 aromatic heterocycles. The molecule has 0 unspecified atom stereocenters. The molecular formula is C15H19NO2. The molecule has 2 N–H and O–H groups in total. The van der Waals surface area contributed by atoms with E-state index in [1.54, 1.807) is 6.26 Å². The first-order valence-corrected chi connectivity index (χ1v) is 6.68. The highest BCUT2D eigenvalue weighted by Crippen LogP contribution is 2.52. The molecule has 1 aliphatic carbocycles. The van der Waals surface area contributed by atoms with Crippen LogP contribution in [0.25, 0.3) is 11.0 Å². The first-order chi connectivity index (χ1) is 8.85. The maximum atomic E-state index is 5.88. The molecule has 0 saturated heterocycles. The van der Waals surface area contributed by atoms with Crippen LogP contribution in [0, 0.1) is 5.92 Å². The summed E-state index contributed by atoms with van der Waals surface area (Å²) in [4.78, 5) is 0. The molecule has 3 heteroatoms. The van der Waals surface area contributed by atoms with Crippen LogP contribution in [0.15, 0.2) is 28.9 Å². The van der Waals surface area contributed by atoms with E-state index in [2.05, 4.69) is 6.92 Å². The molecule has 1 heterocycles. The lowest BCUT2D eigenvalue weighted by atomic mass is 10.0. The molecule has 0 bridgehead atoms. The molecule has 1 aromatic carbocycles. The molecule has 0 aliphatic heterocycles. The van der Waals surface area contributed by atoms with Gasteiger partial charge in [-0.15, -0.1) is 0 Å². The van der Waals surface area contributed by atoms with Crippen molar-refractivity contribution in [3.63, 3.8) is 0 Å². The Morgan fingerprint density at radius 1 is 1.39 bits per heavy atom. The predicted molar refractivity (Wildman–Crippen MR) is 71.9 cm³/mol. The van der Waals surface area contributed by atoms with Gasteiger partial charge >= 0.3 is 0 Å². The third-order valence-corrected chi connectivity index (χ3v) is 3.69. The smallest absolute Gasteiger partial charge is 0.134 e. The van der Waals surface area contributed by atoms with Gasteiger partial charge in [0.05, 0.1) is 12.9 Å². The Labute approximate surface area is 107 Å². The van der Waals surface area contributed by atoms with Crippen LogP contribution >= 0.6 is 0 Å². The lowest BCUT2D eigenvalue weighted by molar-refractivity contribution is 0.314. The fraction of sp³-hybridized carbons (Fsp3) is 0.467. The van der Waals surface area contributed by atoms with Crippen molar-refractivity contribution in [2.75, 3.05) is 13.2 Å². The average molecular weight is 245 g/mol. The fourth-order valence-electron chi connectivity index (χ4n) is 2.63. The molecule has 0 radical (unpaired) electrons. The van der Waals surface area contributed by atoms with Gasteiger partial charge in [-0.1, -0.05) is 6.92 Å². The zero-order valence-electron chi connectivity index (χ0n) is 10.7. The van der Waals surface area contributed by atoms with Gasteiger partial charge in [0, 0.05) is 10.9 Å². The summed E-state index contributed by atoms with van der Waals surface area (Å²) in [6.45, 7) is 3.64. The SMILES string of the molecule is CCCOc1ccc2occc2c1[C@H]1C[C@@H]1CN. The molecule has 96 valence electrons. The number of fused-ring (bicyclic) bond motifs is 1. The summed E-state index contributed by atoms with van der Waals surface area (Å²) in [5.41, 5.74) is 8.00. The van der Waals surface area contributed by atoms with Crippen molar-refractivity contribution in [3.8, 4) is 5.75 Å². The van der Waals surface area contributed by atoms with E-state index >= 15 is 0 Å². The maximum absolute atomic E-state index is 5.88. The topological polar surface area (TPSA) is 48.4 Å². The Morgan fingerprint density at radius 2 is 2.28 bits per heavy atom. The summed E-state index contributed by atoms with van der Waals surface area (Å²) in [5.74, 6) is 2.16. The van der Waals surface area contributed by atoms with Crippen molar-refractivity contribution in [1.29, 1.82) is 0 Å². The minimum Gasteiger partial charge on any atom is -0.493 e. The van der Waals surface area contributed by atoms with E-state index < -0.39 is 0 Å². The van der Waals surface area contributed by atoms with Crippen LogP contribution in [-0.4, -0.2) is 13.2 Å². The second-order valence-electron chi connectivity index (χ2n) is 5.00. The summed E-state index contributed by atoms with van der Waals surface area (Å²) in [7, 11) is 0.